The van der Waals surface area contributed by atoms with Gasteiger partial charge in [-0.2, -0.15) is 0 Å². The molecule has 0 N–H and O–H groups in total. The number of benzene rings is 3. The third-order valence-corrected chi connectivity index (χ3v) is 7.42. The molecule has 2 aliphatic carbocycles. The third-order valence-electron chi connectivity index (χ3n) is 7.42. The van der Waals surface area contributed by atoms with Crippen LogP contribution in [0.3, 0.4) is 0 Å². The lowest BCUT2D eigenvalue weighted by Gasteiger charge is -2.32. The number of fused-ring (bicyclic) bond motifs is 1. The van der Waals surface area contributed by atoms with Crippen LogP contribution in [0.15, 0.2) is 103 Å². The number of rotatable bonds is 10. The molecule has 0 bridgehead atoms. The second-order valence-corrected chi connectivity index (χ2v) is 9.73. The molecule has 2 aliphatic rings. The summed E-state index contributed by atoms with van der Waals surface area (Å²) in [6, 6.07) is 30.4. The summed E-state index contributed by atoms with van der Waals surface area (Å²) >= 11 is 0. The molecular weight excluding hydrogens is 464 g/mol. The highest BCUT2D eigenvalue weighted by molar-refractivity contribution is 5.73. The minimum absolute atomic E-state index is 0.0249. The minimum Gasteiger partial charge on any atom is -0.469 e. The summed E-state index contributed by atoms with van der Waals surface area (Å²) in [5, 5.41) is 0. The van der Waals surface area contributed by atoms with Gasteiger partial charge in [-0.15, -0.1) is 0 Å². The number of hydrogen-bond donors (Lipinski definition) is 0. The predicted octanol–water partition coefficient (Wildman–Crippen LogP) is 5.74. The van der Waals surface area contributed by atoms with Crippen LogP contribution in [0.25, 0.3) is 0 Å². The first-order chi connectivity index (χ1) is 18.2. The standard InChI is InChI=1S/C32H34O5/c1-34-32(33)27-19-11-18-26-28(27)30(36-21-24-14-7-3-8-15-24)31(37-22-25-16-9-4-10-17-25)29(26)35-20-23-12-5-2-6-13-23/h2-18,26-31H,19-22H2,1H3/t26-,27+,28+,29-,30-,31-/m0/s1. The highest BCUT2D eigenvalue weighted by Gasteiger charge is 2.57. The van der Waals surface area contributed by atoms with Crippen LogP contribution in [0, 0.1) is 17.8 Å². The fourth-order valence-electron chi connectivity index (χ4n) is 5.64. The second-order valence-electron chi connectivity index (χ2n) is 9.73. The van der Waals surface area contributed by atoms with Gasteiger partial charge >= 0.3 is 5.97 Å². The van der Waals surface area contributed by atoms with Crippen molar-refractivity contribution in [2.45, 2.75) is 44.6 Å². The van der Waals surface area contributed by atoms with E-state index in [1.807, 2.05) is 66.7 Å². The average molecular weight is 499 g/mol. The highest BCUT2D eigenvalue weighted by Crippen LogP contribution is 2.47. The van der Waals surface area contributed by atoms with Crippen molar-refractivity contribution in [1.29, 1.82) is 0 Å². The van der Waals surface area contributed by atoms with Gasteiger partial charge in [-0.3, -0.25) is 4.79 Å². The molecule has 5 rings (SSSR count). The Hall–Kier alpha value is -3.25. The number of hydrogen-bond acceptors (Lipinski definition) is 5. The molecule has 0 aromatic heterocycles. The van der Waals surface area contributed by atoms with Crippen LogP contribution in [0.4, 0.5) is 0 Å². The molecule has 1 saturated carbocycles. The zero-order valence-corrected chi connectivity index (χ0v) is 21.1. The summed E-state index contributed by atoms with van der Waals surface area (Å²) in [4.78, 5) is 12.9. The maximum atomic E-state index is 12.9. The van der Waals surface area contributed by atoms with Crippen molar-refractivity contribution in [3.8, 4) is 0 Å². The maximum absolute atomic E-state index is 12.9. The Morgan fingerprint density at radius 2 is 1.14 bits per heavy atom. The smallest absolute Gasteiger partial charge is 0.309 e. The van der Waals surface area contributed by atoms with Crippen molar-refractivity contribution in [3.63, 3.8) is 0 Å². The lowest BCUT2D eigenvalue weighted by Crippen LogP contribution is -2.40. The molecule has 192 valence electrons. The summed E-state index contributed by atoms with van der Waals surface area (Å²) in [6.07, 6.45) is 3.94. The van der Waals surface area contributed by atoms with Gasteiger partial charge in [0.05, 0.1) is 45.1 Å². The Labute approximate surface area is 219 Å². The van der Waals surface area contributed by atoms with Gasteiger partial charge in [0.15, 0.2) is 0 Å². The first kappa shape index (κ1) is 25.4. The molecule has 5 nitrogen and oxygen atoms in total. The summed E-state index contributed by atoms with van der Waals surface area (Å²) in [7, 11) is 1.46. The molecule has 0 saturated heterocycles. The van der Waals surface area contributed by atoms with Crippen LogP contribution in [0.5, 0.6) is 0 Å². The zero-order chi connectivity index (χ0) is 25.5. The van der Waals surface area contributed by atoms with Crippen molar-refractivity contribution in [1.82, 2.24) is 0 Å². The van der Waals surface area contributed by atoms with Crippen molar-refractivity contribution < 1.29 is 23.7 Å². The summed E-state index contributed by atoms with van der Waals surface area (Å²) in [5.41, 5.74) is 3.26. The van der Waals surface area contributed by atoms with Gasteiger partial charge < -0.3 is 18.9 Å². The normalized spacial score (nSPS) is 26.5. The summed E-state index contributed by atoms with van der Waals surface area (Å²) < 4.78 is 25.1. The van der Waals surface area contributed by atoms with E-state index in [4.69, 9.17) is 18.9 Å². The molecule has 3 aromatic carbocycles. The van der Waals surface area contributed by atoms with E-state index >= 15 is 0 Å². The second kappa shape index (κ2) is 12.3. The van der Waals surface area contributed by atoms with Gasteiger partial charge in [0.25, 0.3) is 0 Å². The third kappa shape index (κ3) is 6.02. The van der Waals surface area contributed by atoms with Crippen molar-refractivity contribution in [2.24, 2.45) is 17.8 Å². The SMILES string of the molecule is COC(=O)[C@@H]1CC=C[C@@H]2[C@H](OCc3ccccc3)[C@H](OCc3ccccc3)[C@@H](OCc3ccccc3)[C@H]21. The van der Waals surface area contributed by atoms with E-state index in [9.17, 15) is 4.79 Å². The van der Waals surface area contributed by atoms with Crippen LogP contribution in [0.2, 0.25) is 0 Å². The van der Waals surface area contributed by atoms with Crippen LogP contribution in [-0.2, 0) is 43.6 Å². The Kier molecular flexibility index (Phi) is 8.46. The van der Waals surface area contributed by atoms with Crippen molar-refractivity contribution in [2.75, 3.05) is 7.11 Å². The number of ether oxygens (including phenoxy) is 4. The average Bonchev–Trinajstić information content (AvgIpc) is 3.27. The number of methoxy groups -OCH3 is 1. The molecule has 5 heteroatoms. The zero-order valence-electron chi connectivity index (χ0n) is 21.1. The molecule has 0 unspecified atom stereocenters. The van der Waals surface area contributed by atoms with Crippen LogP contribution in [-0.4, -0.2) is 31.4 Å². The van der Waals surface area contributed by atoms with E-state index in [1.165, 1.54) is 7.11 Å². The van der Waals surface area contributed by atoms with Gasteiger partial charge in [0.2, 0.25) is 0 Å². The molecule has 37 heavy (non-hydrogen) atoms. The van der Waals surface area contributed by atoms with E-state index in [0.717, 1.165) is 16.7 Å². The van der Waals surface area contributed by atoms with Crippen LogP contribution < -0.4 is 0 Å². The topological polar surface area (TPSA) is 54.0 Å². The Balaban J connectivity index is 1.45. The van der Waals surface area contributed by atoms with Crippen molar-refractivity contribution in [3.05, 3.63) is 120 Å². The summed E-state index contributed by atoms with van der Waals surface area (Å²) in [6.45, 7) is 1.33. The highest BCUT2D eigenvalue weighted by atomic mass is 16.6. The summed E-state index contributed by atoms with van der Waals surface area (Å²) in [5.74, 6) is -0.655. The number of carbonyl (C=O) groups is 1. The molecule has 0 aliphatic heterocycles. The van der Waals surface area contributed by atoms with Gasteiger partial charge in [0.1, 0.15) is 6.10 Å². The number of esters is 1. The van der Waals surface area contributed by atoms with Crippen LogP contribution >= 0.6 is 0 Å². The molecule has 0 radical (unpaired) electrons. The molecule has 6 atom stereocenters. The first-order valence-corrected chi connectivity index (χ1v) is 13.0. The molecule has 0 spiro atoms. The lowest BCUT2D eigenvalue weighted by atomic mass is 9.76. The van der Waals surface area contributed by atoms with E-state index in [2.05, 4.69) is 36.4 Å². The number of carbonyl (C=O) groups excluding carboxylic acids is 1. The predicted molar refractivity (Wildman–Crippen MR) is 141 cm³/mol. The molecule has 0 amide bonds. The van der Waals surface area contributed by atoms with Gasteiger partial charge in [-0.05, 0) is 23.1 Å². The van der Waals surface area contributed by atoms with Gasteiger partial charge in [-0.1, -0.05) is 103 Å². The van der Waals surface area contributed by atoms with E-state index in [1.54, 1.807) is 0 Å². The first-order valence-electron chi connectivity index (χ1n) is 13.0. The monoisotopic (exact) mass is 498 g/mol. The van der Waals surface area contributed by atoms with E-state index < -0.39 is 0 Å². The van der Waals surface area contributed by atoms with E-state index in [-0.39, 0.29) is 42.0 Å². The van der Waals surface area contributed by atoms with Gasteiger partial charge in [0, 0.05) is 11.8 Å². The fraction of sp³-hybridized carbons (Fsp3) is 0.344. The molecule has 0 heterocycles. The minimum atomic E-state index is -0.350. The Morgan fingerprint density at radius 3 is 1.62 bits per heavy atom. The Morgan fingerprint density at radius 1 is 0.676 bits per heavy atom. The fourth-order valence-corrected chi connectivity index (χ4v) is 5.64. The van der Waals surface area contributed by atoms with Crippen molar-refractivity contribution >= 4 is 5.97 Å². The largest absolute Gasteiger partial charge is 0.469 e. The lowest BCUT2D eigenvalue weighted by molar-refractivity contribution is -0.153. The van der Waals surface area contributed by atoms with Crippen LogP contribution in [0.1, 0.15) is 23.1 Å². The molecular formula is C32H34O5. The quantitative estimate of drug-likeness (QED) is 0.264. The molecule has 3 aromatic rings. The molecule has 1 fully saturated rings. The maximum Gasteiger partial charge on any atom is 0.309 e. The van der Waals surface area contributed by atoms with Gasteiger partial charge in [-0.25, -0.2) is 0 Å². The van der Waals surface area contributed by atoms with E-state index in [0.29, 0.717) is 26.2 Å². The number of allylic oxidation sites excluding steroid dienone is 1. The Bertz CT molecular complexity index is 1150.